The molecule has 0 radical (unpaired) electrons. The number of aliphatic hydroxyl groups excluding tert-OH is 5. The van der Waals surface area contributed by atoms with Crippen LogP contribution in [0.15, 0.2) is 0 Å². The lowest BCUT2D eigenvalue weighted by atomic mass is 10.0. The molecular weight excluding hydrogens is 432 g/mol. The van der Waals surface area contributed by atoms with E-state index >= 15 is 0 Å². The maximum Gasteiger partial charge on any atom is 0.538 e. The standard InChI is InChI=1S/C11H23NO14P2/c1-4(2)6(11(19)25-28(23,24)26-27(20,21)22)12-10(18)9(17)8(16)7(15)5(14)3-13/h4-9,13-17H,3H2,1-2H3,(H,12,18)(H,23,24)(H2,20,21,22)/t5-,6+,7-,8+,9-/m1/s1. The summed E-state index contributed by atoms with van der Waals surface area (Å²) in [5.74, 6) is -4.00. The fourth-order valence-corrected chi connectivity index (χ4v) is 3.29. The summed E-state index contributed by atoms with van der Waals surface area (Å²) in [4.78, 5) is 50.0. The van der Waals surface area contributed by atoms with Crippen molar-refractivity contribution >= 4 is 27.5 Å². The Kier molecular flexibility index (Phi) is 10.3. The van der Waals surface area contributed by atoms with Gasteiger partial charge in [0.25, 0.3) is 5.91 Å². The monoisotopic (exact) mass is 455 g/mol. The Morgan fingerprint density at radius 2 is 1.50 bits per heavy atom. The quantitative estimate of drug-likeness (QED) is 0.136. The zero-order valence-corrected chi connectivity index (χ0v) is 16.4. The molecule has 0 aromatic heterocycles. The van der Waals surface area contributed by atoms with Crippen molar-refractivity contribution in [2.75, 3.05) is 6.61 Å². The van der Waals surface area contributed by atoms with Gasteiger partial charge in [0.05, 0.1) is 6.61 Å². The Hall–Kier alpha value is -0.960. The molecule has 15 nitrogen and oxygen atoms in total. The molecule has 0 heterocycles. The predicted molar refractivity (Wildman–Crippen MR) is 86.9 cm³/mol. The summed E-state index contributed by atoms with van der Waals surface area (Å²) in [5, 5.41) is 48.5. The first kappa shape index (κ1) is 27.0. The lowest BCUT2D eigenvalue weighted by Gasteiger charge is -2.27. The molecule has 0 saturated heterocycles. The molecule has 6 atom stereocenters. The zero-order chi connectivity index (χ0) is 22.4. The van der Waals surface area contributed by atoms with E-state index < -0.39 is 70.5 Å². The molecule has 0 saturated carbocycles. The van der Waals surface area contributed by atoms with Gasteiger partial charge in [0.1, 0.15) is 24.4 Å². The van der Waals surface area contributed by atoms with Crippen LogP contribution in [0, 0.1) is 5.92 Å². The first-order valence-electron chi connectivity index (χ1n) is 7.49. The molecule has 0 bridgehead atoms. The van der Waals surface area contributed by atoms with E-state index in [2.05, 4.69) is 8.83 Å². The lowest BCUT2D eigenvalue weighted by Crippen LogP contribution is -2.55. The van der Waals surface area contributed by atoms with E-state index in [9.17, 15) is 39.1 Å². The molecule has 0 aromatic rings. The van der Waals surface area contributed by atoms with Gasteiger partial charge in [0.15, 0.2) is 6.10 Å². The second-order valence-corrected chi connectivity index (χ2v) is 8.61. The van der Waals surface area contributed by atoms with Gasteiger partial charge in [0.2, 0.25) is 0 Å². The molecule has 0 aliphatic rings. The minimum atomic E-state index is -5.56. The van der Waals surface area contributed by atoms with E-state index in [4.69, 9.17) is 19.8 Å². The van der Waals surface area contributed by atoms with Gasteiger partial charge in [-0.25, -0.2) is 13.9 Å². The van der Waals surface area contributed by atoms with E-state index in [1.54, 1.807) is 0 Å². The Morgan fingerprint density at radius 3 is 1.89 bits per heavy atom. The molecule has 9 N–H and O–H groups in total. The highest BCUT2D eigenvalue weighted by Crippen LogP contribution is 2.57. The zero-order valence-electron chi connectivity index (χ0n) is 14.6. The van der Waals surface area contributed by atoms with Gasteiger partial charge in [-0.15, -0.1) is 0 Å². The Labute approximate surface area is 158 Å². The van der Waals surface area contributed by atoms with Crippen LogP contribution >= 0.6 is 15.6 Å². The SMILES string of the molecule is CC(C)[C@H](NC(=O)[C@H](O)[C@@H](O)[C@H](O)[C@H](O)CO)C(=O)OP(=O)(O)OP(=O)(O)O. The van der Waals surface area contributed by atoms with Crippen LogP contribution in [0.1, 0.15) is 13.8 Å². The molecule has 1 unspecified atom stereocenters. The van der Waals surface area contributed by atoms with Crippen LogP contribution in [-0.4, -0.2) is 89.2 Å². The Morgan fingerprint density at radius 1 is 1.00 bits per heavy atom. The Bertz CT molecular complexity index is 635. The van der Waals surface area contributed by atoms with Crippen molar-refractivity contribution in [3.63, 3.8) is 0 Å². The molecule has 0 aliphatic carbocycles. The lowest BCUT2D eigenvalue weighted by molar-refractivity contribution is -0.153. The third-order valence-corrected chi connectivity index (χ3v) is 5.24. The average molecular weight is 455 g/mol. The summed E-state index contributed by atoms with van der Waals surface area (Å²) in [6.45, 7) is 1.62. The van der Waals surface area contributed by atoms with Gasteiger partial charge in [0, 0.05) is 0 Å². The third-order valence-electron chi connectivity index (χ3n) is 3.16. The highest BCUT2D eigenvalue weighted by Gasteiger charge is 2.40. The molecule has 0 aromatic carbocycles. The van der Waals surface area contributed by atoms with E-state index in [-0.39, 0.29) is 0 Å². The molecule has 166 valence electrons. The number of nitrogens with one attached hydrogen (secondary N) is 1. The number of hydrogen-bond donors (Lipinski definition) is 9. The fourth-order valence-electron chi connectivity index (χ4n) is 1.74. The van der Waals surface area contributed by atoms with Crippen molar-refractivity contribution in [1.29, 1.82) is 0 Å². The van der Waals surface area contributed by atoms with Crippen molar-refractivity contribution in [3.05, 3.63) is 0 Å². The number of carbonyl (C=O) groups is 2. The molecule has 17 heteroatoms. The predicted octanol–water partition coefficient (Wildman–Crippen LogP) is -3.68. The number of rotatable bonds is 11. The second-order valence-electron chi connectivity index (χ2n) is 5.86. The van der Waals surface area contributed by atoms with Gasteiger partial charge in [-0.05, 0) is 5.92 Å². The highest BCUT2D eigenvalue weighted by atomic mass is 31.3. The summed E-state index contributed by atoms with van der Waals surface area (Å²) < 4.78 is 29.4. The third kappa shape index (κ3) is 9.03. The topological polar surface area (TPSA) is 261 Å². The van der Waals surface area contributed by atoms with Gasteiger partial charge in [-0.2, -0.15) is 4.31 Å². The number of phosphoric ester groups is 1. The average Bonchev–Trinajstić information content (AvgIpc) is 2.53. The minimum Gasteiger partial charge on any atom is -0.394 e. The van der Waals surface area contributed by atoms with Gasteiger partial charge in [-0.1, -0.05) is 13.8 Å². The number of phosphoric acid groups is 2. The van der Waals surface area contributed by atoms with Crippen molar-refractivity contribution in [2.24, 2.45) is 5.92 Å². The summed E-state index contributed by atoms with van der Waals surface area (Å²) in [6, 6.07) is -1.75. The van der Waals surface area contributed by atoms with Crippen molar-refractivity contribution < 1.29 is 67.8 Å². The van der Waals surface area contributed by atoms with Crippen LogP contribution < -0.4 is 5.32 Å². The summed E-state index contributed by atoms with van der Waals surface area (Å²) >= 11 is 0. The summed E-state index contributed by atoms with van der Waals surface area (Å²) in [5.41, 5.74) is 0. The first-order chi connectivity index (χ1) is 12.5. The van der Waals surface area contributed by atoms with E-state index in [0.29, 0.717) is 0 Å². The first-order valence-corrected chi connectivity index (χ1v) is 10.5. The number of amides is 1. The second kappa shape index (κ2) is 10.7. The van der Waals surface area contributed by atoms with E-state index in [0.717, 1.165) is 0 Å². The van der Waals surface area contributed by atoms with Gasteiger partial charge >= 0.3 is 21.6 Å². The molecule has 1 amide bonds. The fraction of sp³-hybridized carbons (Fsp3) is 0.818. The van der Waals surface area contributed by atoms with Crippen LogP contribution in [-0.2, 0) is 27.6 Å². The maximum atomic E-state index is 11.9. The van der Waals surface area contributed by atoms with Crippen molar-refractivity contribution in [3.8, 4) is 0 Å². The van der Waals surface area contributed by atoms with Crippen LogP contribution in [0.25, 0.3) is 0 Å². The summed E-state index contributed by atoms with van der Waals surface area (Å²) in [6.07, 6.45) is -8.72. The van der Waals surface area contributed by atoms with E-state index in [1.807, 2.05) is 5.32 Å². The number of hydrogen-bond acceptors (Lipinski definition) is 11. The molecule has 28 heavy (non-hydrogen) atoms. The van der Waals surface area contributed by atoms with Crippen LogP contribution in [0.4, 0.5) is 0 Å². The number of aliphatic hydroxyl groups is 5. The van der Waals surface area contributed by atoms with Crippen LogP contribution in [0.3, 0.4) is 0 Å². The van der Waals surface area contributed by atoms with Crippen molar-refractivity contribution in [2.45, 2.75) is 44.3 Å². The molecule has 0 rings (SSSR count). The summed E-state index contributed by atoms with van der Waals surface area (Å²) in [7, 11) is -11.1. The number of carbonyl (C=O) groups excluding carboxylic acids is 2. The normalized spacial score (nSPS) is 19.8. The van der Waals surface area contributed by atoms with Gasteiger partial charge < -0.3 is 45.2 Å². The Balaban J connectivity index is 5.20. The minimum absolute atomic E-state index is 0.858. The van der Waals surface area contributed by atoms with Crippen LogP contribution in [0.2, 0.25) is 0 Å². The van der Waals surface area contributed by atoms with Crippen LogP contribution in [0.5, 0.6) is 0 Å². The largest absolute Gasteiger partial charge is 0.538 e. The highest BCUT2D eigenvalue weighted by molar-refractivity contribution is 7.61. The smallest absolute Gasteiger partial charge is 0.394 e. The van der Waals surface area contributed by atoms with E-state index in [1.165, 1.54) is 13.8 Å². The molecular formula is C11H23NO14P2. The molecule has 0 aliphatic heterocycles. The van der Waals surface area contributed by atoms with Gasteiger partial charge in [-0.3, -0.25) is 9.69 Å². The van der Waals surface area contributed by atoms with Crippen molar-refractivity contribution in [1.82, 2.24) is 5.32 Å². The molecule has 0 fully saturated rings. The molecule has 0 spiro atoms. The maximum absolute atomic E-state index is 11.9.